The predicted molar refractivity (Wildman–Crippen MR) is 187 cm³/mol. The average Bonchev–Trinajstić information content (AvgIpc) is 3.38. The molecule has 1 aromatic carbocycles. The van der Waals surface area contributed by atoms with Crippen molar-refractivity contribution in [1.29, 1.82) is 0 Å². The lowest BCUT2D eigenvalue weighted by molar-refractivity contribution is -0.151. The van der Waals surface area contributed by atoms with Crippen molar-refractivity contribution >= 4 is 40.0 Å². The van der Waals surface area contributed by atoms with E-state index in [1.165, 1.54) is 11.3 Å². The molecule has 3 aliphatic rings. The van der Waals surface area contributed by atoms with Gasteiger partial charge in [0, 0.05) is 41.3 Å². The van der Waals surface area contributed by atoms with Gasteiger partial charge < -0.3 is 29.2 Å². The van der Waals surface area contributed by atoms with Crippen LogP contribution in [0.15, 0.2) is 35.7 Å². The highest BCUT2D eigenvalue weighted by molar-refractivity contribution is 7.13. The zero-order chi connectivity index (χ0) is 34.9. The molecule has 11 nitrogen and oxygen atoms in total. The normalized spacial score (nSPS) is 26.1. The second kappa shape index (κ2) is 14.4. The van der Waals surface area contributed by atoms with Crippen LogP contribution in [-0.4, -0.2) is 83.3 Å². The molecule has 0 spiro atoms. The fourth-order valence-electron chi connectivity index (χ4n) is 6.73. The number of ether oxygens (including phenoxy) is 4. The van der Waals surface area contributed by atoms with E-state index in [4.69, 9.17) is 28.9 Å². The maximum atomic E-state index is 14.1. The van der Waals surface area contributed by atoms with Gasteiger partial charge in [-0.05, 0) is 64.5 Å². The van der Waals surface area contributed by atoms with Gasteiger partial charge in [0.1, 0.15) is 46.0 Å². The fourth-order valence-corrected chi connectivity index (χ4v) is 7.67. The third-order valence-electron chi connectivity index (χ3n) is 9.69. The van der Waals surface area contributed by atoms with Gasteiger partial charge in [-0.3, -0.25) is 9.59 Å². The molecule has 5 unspecified atom stereocenters. The first-order valence-corrected chi connectivity index (χ1v) is 18.1. The Hall–Kier alpha value is -4.03. The van der Waals surface area contributed by atoms with E-state index in [2.05, 4.69) is 25.2 Å². The Labute approximate surface area is 291 Å². The molecule has 2 aromatic heterocycles. The minimum absolute atomic E-state index is 0.169. The molecular formula is C37H46N4O7S. The summed E-state index contributed by atoms with van der Waals surface area (Å²) in [6, 6.07) is 4.82. The lowest BCUT2D eigenvalue weighted by Gasteiger charge is -2.28. The van der Waals surface area contributed by atoms with E-state index < -0.39 is 35.7 Å². The van der Waals surface area contributed by atoms with Crippen LogP contribution < -0.4 is 14.8 Å². The van der Waals surface area contributed by atoms with Gasteiger partial charge in [0.15, 0.2) is 0 Å². The number of rotatable bonds is 7. The van der Waals surface area contributed by atoms with Crippen LogP contribution in [0.1, 0.15) is 77.0 Å². The monoisotopic (exact) mass is 690 g/mol. The molecule has 3 aromatic rings. The van der Waals surface area contributed by atoms with Crippen molar-refractivity contribution in [2.75, 3.05) is 26.9 Å². The fraction of sp³-hybridized carbons (Fsp3) is 0.541. The summed E-state index contributed by atoms with van der Waals surface area (Å²) in [5.74, 6) is 0.234. The molecule has 5 atom stereocenters. The average molecular weight is 691 g/mol. The molecule has 1 aliphatic carbocycles. The molecule has 1 saturated heterocycles. The van der Waals surface area contributed by atoms with Crippen molar-refractivity contribution in [1.82, 2.24) is 20.2 Å². The Morgan fingerprint density at radius 1 is 1.20 bits per heavy atom. The van der Waals surface area contributed by atoms with Crippen LogP contribution in [0.3, 0.4) is 0 Å². The maximum absolute atomic E-state index is 14.1. The van der Waals surface area contributed by atoms with Gasteiger partial charge in [-0.1, -0.05) is 26.0 Å². The van der Waals surface area contributed by atoms with E-state index in [-0.39, 0.29) is 37.3 Å². The lowest BCUT2D eigenvalue weighted by atomic mass is 10.1. The first-order valence-electron chi connectivity index (χ1n) is 17.2. The molecule has 2 fully saturated rings. The number of carbonyl (C=O) groups excluding carboxylic acids is 3. The summed E-state index contributed by atoms with van der Waals surface area (Å²) in [5.41, 5.74) is 2.10. The van der Waals surface area contributed by atoms with Crippen LogP contribution in [0, 0.1) is 12.8 Å². The summed E-state index contributed by atoms with van der Waals surface area (Å²) in [7, 11) is 1.63. The highest BCUT2D eigenvalue weighted by Gasteiger charge is 2.62. The van der Waals surface area contributed by atoms with Gasteiger partial charge in [-0.2, -0.15) is 0 Å². The van der Waals surface area contributed by atoms with Gasteiger partial charge in [0.05, 0.1) is 31.5 Å². The molecule has 6 rings (SSSR count). The molecule has 2 aliphatic heterocycles. The number of allylic oxidation sites excluding steroid dienone is 1. The van der Waals surface area contributed by atoms with Crippen LogP contribution in [0.4, 0.5) is 0 Å². The van der Waals surface area contributed by atoms with Crippen molar-refractivity contribution in [3.05, 3.63) is 47.0 Å². The number of hydrogen-bond acceptors (Lipinski definition) is 10. The smallest absolute Gasteiger partial charge is 0.332 e. The third kappa shape index (κ3) is 7.03. The van der Waals surface area contributed by atoms with Crippen molar-refractivity contribution < 1.29 is 33.3 Å². The van der Waals surface area contributed by atoms with Crippen LogP contribution in [0.2, 0.25) is 0 Å². The molecule has 4 heterocycles. The number of aromatic nitrogens is 2. The SMILES string of the molecule is CCOC(=O)C12CC1C=CCCCCOC(C)C(=O)N1CC(Oc3cc(-c4nc(C(C)C)cs4)nc4c(C)c(OC)ccc34)CC1C(=O)N2. The van der Waals surface area contributed by atoms with Gasteiger partial charge in [0.2, 0.25) is 5.91 Å². The summed E-state index contributed by atoms with van der Waals surface area (Å²) < 4.78 is 23.7. The van der Waals surface area contributed by atoms with Crippen LogP contribution in [-0.2, 0) is 23.9 Å². The number of pyridine rings is 1. The lowest BCUT2D eigenvalue weighted by Crippen LogP contribution is -2.54. The Morgan fingerprint density at radius 2 is 2.02 bits per heavy atom. The number of hydrogen-bond donors (Lipinski definition) is 1. The molecular weight excluding hydrogens is 644 g/mol. The number of fused-ring (bicyclic) bond motifs is 3. The van der Waals surface area contributed by atoms with Gasteiger partial charge in [-0.15, -0.1) is 11.3 Å². The number of esters is 1. The third-order valence-corrected chi connectivity index (χ3v) is 10.6. The summed E-state index contributed by atoms with van der Waals surface area (Å²) >= 11 is 1.53. The van der Waals surface area contributed by atoms with Gasteiger partial charge >= 0.3 is 5.97 Å². The highest BCUT2D eigenvalue weighted by Crippen LogP contribution is 2.46. The zero-order valence-electron chi connectivity index (χ0n) is 29.1. The Balaban J connectivity index is 1.34. The van der Waals surface area contributed by atoms with Crippen molar-refractivity contribution in [2.24, 2.45) is 5.92 Å². The van der Waals surface area contributed by atoms with E-state index in [1.54, 1.807) is 25.9 Å². The number of thiazole rings is 1. The van der Waals surface area contributed by atoms with E-state index in [1.807, 2.05) is 36.6 Å². The maximum Gasteiger partial charge on any atom is 0.332 e. The van der Waals surface area contributed by atoms with Crippen molar-refractivity contribution in [2.45, 2.75) is 96.4 Å². The minimum atomic E-state index is -1.14. The van der Waals surface area contributed by atoms with Crippen molar-refractivity contribution in [3.8, 4) is 22.2 Å². The topological polar surface area (TPSA) is 129 Å². The summed E-state index contributed by atoms with van der Waals surface area (Å²) in [4.78, 5) is 52.5. The van der Waals surface area contributed by atoms with E-state index >= 15 is 0 Å². The van der Waals surface area contributed by atoms with Crippen LogP contribution in [0.5, 0.6) is 11.5 Å². The van der Waals surface area contributed by atoms with Gasteiger partial charge in [-0.25, -0.2) is 14.8 Å². The second-order valence-electron chi connectivity index (χ2n) is 13.4. The molecule has 12 heteroatoms. The van der Waals surface area contributed by atoms with Crippen molar-refractivity contribution in [3.63, 3.8) is 0 Å². The first kappa shape index (κ1) is 34.8. The molecule has 262 valence electrons. The predicted octanol–water partition coefficient (Wildman–Crippen LogP) is 5.73. The molecule has 1 N–H and O–H groups in total. The number of aryl methyl sites for hydroxylation is 1. The van der Waals surface area contributed by atoms with E-state index in [9.17, 15) is 14.4 Å². The number of nitrogens with one attached hydrogen (secondary N) is 1. The Kier molecular flexibility index (Phi) is 10.3. The second-order valence-corrected chi connectivity index (χ2v) is 14.3. The summed E-state index contributed by atoms with van der Waals surface area (Å²) in [5, 5.41) is 6.62. The minimum Gasteiger partial charge on any atom is -0.496 e. The Morgan fingerprint density at radius 3 is 2.76 bits per heavy atom. The largest absolute Gasteiger partial charge is 0.496 e. The number of amides is 2. The summed E-state index contributed by atoms with van der Waals surface area (Å²) in [6.07, 6.45) is 5.97. The molecule has 1 saturated carbocycles. The zero-order valence-corrected chi connectivity index (χ0v) is 29.9. The van der Waals surface area contributed by atoms with Crippen LogP contribution in [0.25, 0.3) is 21.6 Å². The van der Waals surface area contributed by atoms with E-state index in [0.29, 0.717) is 30.2 Å². The summed E-state index contributed by atoms with van der Waals surface area (Å²) in [6.45, 7) is 10.4. The first-order chi connectivity index (χ1) is 23.6. The van der Waals surface area contributed by atoms with Gasteiger partial charge in [0.25, 0.3) is 5.91 Å². The Bertz CT molecular complexity index is 1760. The number of benzene rings is 1. The van der Waals surface area contributed by atoms with E-state index in [0.717, 1.165) is 46.4 Å². The standard InChI is InChI=1S/C37H46N4O7S/c1-7-46-36(44)37-18-24(37)12-10-8-9-11-15-47-23(5)35(43)41-19-25(16-29(41)33(42)40-37)48-31-17-27(34-39-28(20-49-34)21(2)3)38-32-22(4)30(45-6)14-13-26(31)32/h10,12-14,17,20-21,23-25,29H,7-9,11,15-16,18-19H2,1-6H3,(H,40,42). The quantitative estimate of drug-likeness (QED) is 0.244. The number of nitrogens with zero attached hydrogens (tertiary/aromatic N) is 3. The molecule has 49 heavy (non-hydrogen) atoms. The molecule has 0 bridgehead atoms. The highest BCUT2D eigenvalue weighted by atomic mass is 32.1. The number of carbonyl (C=O) groups is 3. The molecule has 0 radical (unpaired) electrons. The molecule has 2 amide bonds. The van der Waals surface area contributed by atoms with Crippen LogP contribution >= 0.6 is 11.3 Å². The number of methoxy groups -OCH3 is 1.